The first-order chi connectivity index (χ1) is 11.1. The highest BCUT2D eigenvalue weighted by atomic mass is 19.1. The van der Waals surface area contributed by atoms with Crippen molar-refractivity contribution in [3.63, 3.8) is 0 Å². The molecule has 1 unspecified atom stereocenters. The van der Waals surface area contributed by atoms with Gasteiger partial charge in [0.15, 0.2) is 0 Å². The van der Waals surface area contributed by atoms with Gasteiger partial charge in [-0.3, -0.25) is 4.90 Å². The summed E-state index contributed by atoms with van der Waals surface area (Å²) in [4.78, 5) is 2.34. The standard InChI is InChI=1S/C19H24F2N2/c1-3-17(20)9-7-15(2)19(23-13-11-22-12-14-23)16-5-4-6-18(21)10-8-16/h3-5,7-10,19,22H,1,6,11-14H2,2H3/b15-7+,17-9+. The highest BCUT2D eigenvalue weighted by Crippen LogP contribution is 2.24. The van der Waals surface area contributed by atoms with E-state index in [0.717, 1.165) is 37.3 Å². The third-order valence-electron chi connectivity index (χ3n) is 4.04. The van der Waals surface area contributed by atoms with Gasteiger partial charge in [0, 0.05) is 32.6 Å². The molecule has 0 aromatic rings. The van der Waals surface area contributed by atoms with Crippen LogP contribution in [-0.4, -0.2) is 37.1 Å². The number of hydrogen-bond donors (Lipinski definition) is 1. The molecule has 124 valence electrons. The van der Waals surface area contributed by atoms with Crippen molar-refractivity contribution in [2.24, 2.45) is 0 Å². The van der Waals surface area contributed by atoms with Crippen molar-refractivity contribution in [2.45, 2.75) is 19.4 Å². The molecule has 2 nitrogen and oxygen atoms in total. The summed E-state index contributed by atoms with van der Waals surface area (Å²) in [6.45, 7) is 9.05. The van der Waals surface area contributed by atoms with Gasteiger partial charge in [-0.1, -0.05) is 36.5 Å². The predicted molar refractivity (Wildman–Crippen MR) is 92.4 cm³/mol. The molecule has 1 atom stereocenters. The van der Waals surface area contributed by atoms with Crippen molar-refractivity contribution in [2.75, 3.05) is 26.2 Å². The number of nitrogens with one attached hydrogen (secondary N) is 1. The van der Waals surface area contributed by atoms with Gasteiger partial charge in [0.2, 0.25) is 0 Å². The zero-order valence-electron chi connectivity index (χ0n) is 13.6. The molecule has 1 aliphatic heterocycles. The Labute approximate surface area is 137 Å². The SMILES string of the molecule is C=C/C(F)=C\C=C(/C)C(C1=CC=C(F)CC=C1)N1CCNCC1. The molecule has 0 saturated carbocycles. The van der Waals surface area contributed by atoms with Gasteiger partial charge in [-0.25, -0.2) is 8.78 Å². The van der Waals surface area contributed by atoms with Crippen LogP contribution in [0.2, 0.25) is 0 Å². The van der Waals surface area contributed by atoms with E-state index in [9.17, 15) is 8.78 Å². The minimum Gasteiger partial charge on any atom is -0.314 e. The van der Waals surface area contributed by atoms with Gasteiger partial charge in [-0.2, -0.15) is 0 Å². The Balaban J connectivity index is 2.33. The van der Waals surface area contributed by atoms with E-state index in [4.69, 9.17) is 0 Å². The number of allylic oxidation sites excluding steroid dienone is 8. The largest absolute Gasteiger partial charge is 0.314 e. The summed E-state index contributed by atoms with van der Waals surface area (Å²) in [5.74, 6) is -0.505. The number of nitrogens with zero attached hydrogens (tertiary/aromatic N) is 1. The van der Waals surface area contributed by atoms with Gasteiger partial charge in [0.1, 0.15) is 11.7 Å². The van der Waals surface area contributed by atoms with E-state index in [-0.39, 0.29) is 17.7 Å². The van der Waals surface area contributed by atoms with Crippen LogP contribution in [0.1, 0.15) is 13.3 Å². The van der Waals surface area contributed by atoms with Crippen LogP contribution in [0.3, 0.4) is 0 Å². The lowest BCUT2D eigenvalue weighted by atomic mass is 9.96. The van der Waals surface area contributed by atoms with Crippen LogP contribution in [0.5, 0.6) is 0 Å². The quantitative estimate of drug-likeness (QED) is 0.771. The first-order valence-corrected chi connectivity index (χ1v) is 7.96. The van der Waals surface area contributed by atoms with Crippen molar-refractivity contribution >= 4 is 0 Å². The first-order valence-electron chi connectivity index (χ1n) is 7.96. The maximum atomic E-state index is 13.5. The van der Waals surface area contributed by atoms with E-state index in [1.54, 1.807) is 6.08 Å². The molecule has 1 aliphatic carbocycles. The molecule has 0 radical (unpaired) electrons. The first kappa shape index (κ1) is 17.6. The lowest BCUT2D eigenvalue weighted by Gasteiger charge is -2.36. The Kier molecular flexibility index (Phi) is 6.68. The third kappa shape index (κ3) is 5.12. The normalized spacial score (nSPS) is 22.2. The smallest absolute Gasteiger partial charge is 0.122 e. The molecule has 1 fully saturated rings. The molecule has 2 rings (SSSR count). The maximum Gasteiger partial charge on any atom is 0.122 e. The number of piperazine rings is 1. The third-order valence-corrected chi connectivity index (χ3v) is 4.04. The van der Waals surface area contributed by atoms with Crippen LogP contribution in [0.4, 0.5) is 8.78 Å². The minimum atomic E-state index is -0.361. The summed E-state index contributed by atoms with van der Waals surface area (Å²) in [6.07, 6.45) is 11.9. The molecule has 2 aliphatic rings. The Morgan fingerprint density at radius 1 is 1.30 bits per heavy atom. The molecular weight excluding hydrogens is 294 g/mol. The zero-order chi connectivity index (χ0) is 16.7. The summed E-state index contributed by atoms with van der Waals surface area (Å²) >= 11 is 0. The van der Waals surface area contributed by atoms with Gasteiger partial charge in [-0.15, -0.1) is 0 Å². The van der Waals surface area contributed by atoms with Gasteiger partial charge >= 0.3 is 0 Å². The monoisotopic (exact) mass is 318 g/mol. The van der Waals surface area contributed by atoms with Crippen LogP contribution in [0.25, 0.3) is 0 Å². The molecule has 1 heterocycles. The summed E-state index contributed by atoms with van der Waals surface area (Å²) in [6, 6.07) is 0.0179. The second kappa shape index (κ2) is 8.75. The van der Waals surface area contributed by atoms with Crippen LogP contribution in [0.15, 0.2) is 71.9 Å². The average Bonchev–Trinajstić information content (AvgIpc) is 2.78. The van der Waals surface area contributed by atoms with Crippen molar-refractivity contribution in [3.8, 4) is 0 Å². The second-order valence-electron chi connectivity index (χ2n) is 5.74. The fraction of sp³-hybridized carbons (Fsp3) is 0.368. The number of rotatable bonds is 5. The summed E-state index contributed by atoms with van der Waals surface area (Å²) in [5, 5.41) is 3.33. The molecule has 1 N–H and O–H groups in total. The van der Waals surface area contributed by atoms with Crippen molar-refractivity contribution < 1.29 is 8.78 Å². The predicted octanol–water partition coefficient (Wildman–Crippen LogP) is 3.99. The zero-order valence-corrected chi connectivity index (χ0v) is 13.6. The molecular formula is C19H24F2N2. The number of hydrogen-bond acceptors (Lipinski definition) is 2. The second-order valence-corrected chi connectivity index (χ2v) is 5.74. The van der Waals surface area contributed by atoms with E-state index in [1.165, 1.54) is 18.2 Å². The Morgan fingerprint density at radius 2 is 2.04 bits per heavy atom. The maximum absolute atomic E-state index is 13.5. The minimum absolute atomic E-state index is 0.0179. The molecule has 0 spiro atoms. The van der Waals surface area contributed by atoms with Crippen molar-refractivity contribution in [1.82, 2.24) is 10.2 Å². The van der Waals surface area contributed by atoms with E-state index in [1.807, 2.05) is 25.2 Å². The van der Waals surface area contributed by atoms with Crippen molar-refractivity contribution in [3.05, 3.63) is 71.9 Å². The fourth-order valence-electron chi connectivity index (χ4n) is 2.87. The van der Waals surface area contributed by atoms with E-state index in [2.05, 4.69) is 16.8 Å². The van der Waals surface area contributed by atoms with Crippen LogP contribution >= 0.6 is 0 Å². The Morgan fingerprint density at radius 3 is 2.74 bits per heavy atom. The molecule has 23 heavy (non-hydrogen) atoms. The van der Waals surface area contributed by atoms with E-state index < -0.39 is 0 Å². The topological polar surface area (TPSA) is 15.3 Å². The van der Waals surface area contributed by atoms with Crippen molar-refractivity contribution in [1.29, 1.82) is 0 Å². The van der Waals surface area contributed by atoms with E-state index >= 15 is 0 Å². The molecule has 0 amide bonds. The summed E-state index contributed by atoms with van der Waals surface area (Å²) in [7, 11) is 0. The highest BCUT2D eigenvalue weighted by molar-refractivity contribution is 5.40. The Hall–Kier alpha value is -1.78. The van der Waals surface area contributed by atoms with Gasteiger partial charge in [0.25, 0.3) is 0 Å². The van der Waals surface area contributed by atoms with Crippen LogP contribution < -0.4 is 5.32 Å². The molecule has 0 aromatic carbocycles. The van der Waals surface area contributed by atoms with Gasteiger partial charge < -0.3 is 5.32 Å². The van der Waals surface area contributed by atoms with E-state index in [0.29, 0.717) is 6.42 Å². The highest BCUT2D eigenvalue weighted by Gasteiger charge is 2.24. The molecule has 4 heteroatoms. The summed E-state index contributed by atoms with van der Waals surface area (Å²) < 4.78 is 26.8. The van der Waals surface area contributed by atoms with Crippen LogP contribution in [0, 0.1) is 0 Å². The summed E-state index contributed by atoms with van der Waals surface area (Å²) in [5.41, 5.74) is 2.05. The fourth-order valence-corrected chi connectivity index (χ4v) is 2.87. The number of halogens is 2. The Bertz CT molecular complexity index is 576. The molecule has 1 saturated heterocycles. The molecule has 0 aromatic heterocycles. The lowest BCUT2D eigenvalue weighted by molar-refractivity contribution is 0.216. The van der Waals surface area contributed by atoms with Crippen LogP contribution in [-0.2, 0) is 0 Å². The van der Waals surface area contributed by atoms with Gasteiger partial charge in [0.05, 0.1) is 6.04 Å². The molecule has 0 bridgehead atoms. The lowest BCUT2D eigenvalue weighted by Crippen LogP contribution is -2.49. The van der Waals surface area contributed by atoms with Gasteiger partial charge in [-0.05, 0) is 30.7 Å². The average molecular weight is 318 g/mol.